The summed E-state index contributed by atoms with van der Waals surface area (Å²) in [5, 5.41) is 11.4. The van der Waals surface area contributed by atoms with Gasteiger partial charge < -0.3 is 15.6 Å². The van der Waals surface area contributed by atoms with Crippen LogP contribution in [0, 0.1) is 5.41 Å². The van der Waals surface area contributed by atoms with Crippen molar-refractivity contribution >= 4 is 34.4 Å². The van der Waals surface area contributed by atoms with Crippen molar-refractivity contribution in [3.8, 4) is 0 Å². The van der Waals surface area contributed by atoms with E-state index in [0.29, 0.717) is 5.15 Å². The molecular weight excluding hydrogens is 322 g/mol. The molecule has 0 amide bonds. The van der Waals surface area contributed by atoms with Crippen LogP contribution in [-0.2, 0) is 0 Å². The maximum Gasteiger partial charge on any atom is 0.129 e. The van der Waals surface area contributed by atoms with Crippen molar-refractivity contribution in [1.29, 1.82) is 5.41 Å². The van der Waals surface area contributed by atoms with E-state index in [-0.39, 0.29) is 0 Å². The summed E-state index contributed by atoms with van der Waals surface area (Å²) in [6.45, 7) is 4.51. The normalized spacial score (nSPS) is 15.8. The van der Waals surface area contributed by atoms with Crippen molar-refractivity contribution < 1.29 is 0 Å². The SMILES string of the molecule is N=C/C(=C\NCCCN1CCCC1)c1cnc2ccc(Cl)nc2c1. The van der Waals surface area contributed by atoms with Gasteiger partial charge in [0.25, 0.3) is 0 Å². The van der Waals surface area contributed by atoms with Crippen molar-refractivity contribution in [2.45, 2.75) is 19.3 Å². The Hall–Kier alpha value is -1.98. The summed E-state index contributed by atoms with van der Waals surface area (Å²) in [5.41, 5.74) is 3.18. The molecule has 1 aliphatic heterocycles. The number of aromatic nitrogens is 2. The largest absolute Gasteiger partial charge is 0.390 e. The summed E-state index contributed by atoms with van der Waals surface area (Å²) in [5.74, 6) is 0. The van der Waals surface area contributed by atoms with Crippen LogP contribution in [0.4, 0.5) is 0 Å². The van der Waals surface area contributed by atoms with E-state index in [1.807, 2.05) is 18.3 Å². The minimum Gasteiger partial charge on any atom is -0.390 e. The van der Waals surface area contributed by atoms with Gasteiger partial charge in [-0.05, 0) is 57.1 Å². The van der Waals surface area contributed by atoms with Crippen molar-refractivity contribution in [1.82, 2.24) is 20.2 Å². The Bertz CT molecular complexity index is 737. The first-order chi connectivity index (χ1) is 11.8. The number of allylic oxidation sites excluding steroid dienone is 1. The third kappa shape index (κ3) is 4.30. The quantitative estimate of drug-likeness (QED) is 0.459. The molecule has 5 nitrogen and oxygen atoms in total. The number of halogens is 1. The summed E-state index contributed by atoms with van der Waals surface area (Å²) in [4.78, 5) is 11.2. The number of nitrogens with zero attached hydrogens (tertiary/aromatic N) is 3. The number of hydrogen-bond donors (Lipinski definition) is 2. The monoisotopic (exact) mass is 343 g/mol. The zero-order valence-electron chi connectivity index (χ0n) is 13.6. The van der Waals surface area contributed by atoms with Crippen LogP contribution in [-0.4, -0.2) is 47.3 Å². The van der Waals surface area contributed by atoms with E-state index in [2.05, 4.69) is 20.2 Å². The van der Waals surface area contributed by atoms with E-state index in [4.69, 9.17) is 17.0 Å². The van der Waals surface area contributed by atoms with E-state index >= 15 is 0 Å². The van der Waals surface area contributed by atoms with E-state index in [9.17, 15) is 0 Å². The summed E-state index contributed by atoms with van der Waals surface area (Å²) in [6, 6.07) is 5.49. The molecule has 2 N–H and O–H groups in total. The topological polar surface area (TPSA) is 64.9 Å². The maximum absolute atomic E-state index is 7.65. The third-order valence-electron chi connectivity index (χ3n) is 4.24. The fourth-order valence-electron chi connectivity index (χ4n) is 2.94. The summed E-state index contributed by atoms with van der Waals surface area (Å²) < 4.78 is 0. The molecule has 0 saturated carbocycles. The minimum atomic E-state index is 0.446. The van der Waals surface area contributed by atoms with Gasteiger partial charge >= 0.3 is 0 Å². The van der Waals surface area contributed by atoms with E-state index in [0.717, 1.165) is 41.7 Å². The van der Waals surface area contributed by atoms with Gasteiger partial charge in [-0.2, -0.15) is 0 Å². The van der Waals surface area contributed by atoms with Gasteiger partial charge in [-0.1, -0.05) is 11.6 Å². The Morgan fingerprint density at radius 1 is 1.29 bits per heavy atom. The standard InChI is InChI=1S/C18H22ClN5/c19-18-5-4-16-17(23-18)10-14(13-22-16)15(11-20)12-21-6-3-9-24-7-1-2-8-24/h4-5,10-13,20-21H,1-3,6-9H2/b15-12+,20-11?. The molecule has 1 aliphatic rings. The van der Waals surface area contributed by atoms with Gasteiger partial charge in [0.2, 0.25) is 0 Å². The molecule has 1 fully saturated rings. The van der Waals surface area contributed by atoms with Gasteiger partial charge in [-0.15, -0.1) is 0 Å². The van der Waals surface area contributed by atoms with Crippen molar-refractivity contribution in [3.63, 3.8) is 0 Å². The molecule has 0 bridgehead atoms. The number of rotatable bonds is 7. The first-order valence-electron chi connectivity index (χ1n) is 8.35. The van der Waals surface area contributed by atoms with Crippen LogP contribution in [0.3, 0.4) is 0 Å². The van der Waals surface area contributed by atoms with Crippen LogP contribution in [0.1, 0.15) is 24.8 Å². The highest BCUT2D eigenvalue weighted by molar-refractivity contribution is 6.29. The Morgan fingerprint density at radius 3 is 2.92 bits per heavy atom. The highest BCUT2D eigenvalue weighted by Gasteiger charge is 2.09. The van der Waals surface area contributed by atoms with Crippen LogP contribution in [0.5, 0.6) is 0 Å². The smallest absolute Gasteiger partial charge is 0.129 e. The lowest BCUT2D eigenvalue weighted by Crippen LogP contribution is -2.23. The van der Waals surface area contributed by atoms with E-state index in [1.165, 1.54) is 32.1 Å². The molecule has 1 saturated heterocycles. The number of pyridine rings is 2. The molecule has 2 aromatic rings. The molecule has 0 unspecified atom stereocenters. The lowest BCUT2D eigenvalue weighted by atomic mass is 10.1. The van der Waals surface area contributed by atoms with Gasteiger partial charge in [0.15, 0.2) is 0 Å². The average Bonchev–Trinajstić information content (AvgIpc) is 3.11. The molecule has 0 atom stereocenters. The molecule has 0 spiro atoms. The second-order valence-electron chi connectivity index (χ2n) is 6.00. The second kappa shape index (κ2) is 8.22. The predicted octanol–water partition coefficient (Wildman–Crippen LogP) is 3.35. The molecule has 0 radical (unpaired) electrons. The zero-order chi connectivity index (χ0) is 16.8. The summed E-state index contributed by atoms with van der Waals surface area (Å²) >= 11 is 5.94. The Morgan fingerprint density at radius 2 is 2.12 bits per heavy atom. The average molecular weight is 344 g/mol. The van der Waals surface area contributed by atoms with Gasteiger partial charge in [-0.25, -0.2) is 4.98 Å². The van der Waals surface area contributed by atoms with Crippen molar-refractivity contribution in [3.05, 3.63) is 41.3 Å². The number of hydrogen-bond acceptors (Lipinski definition) is 5. The Labute approximate surface area is 147 Å². The predicted molar refractivity (Wildman–Crippen MR) is 99.6 cm³/mol. The molecule has 2 aromatic heterocycles. The van der Waals surface area contributed by atoms with E-state index in [1.54, 1.807) is 12.3 Å². The van der Waals surface area contributed by atoms with Gasteiger partial charge in [0.05, 0.1) is 11.0 Å². The van der Waals surface area contributed by atoms with Crippen LogP contribution in [0.2, 0.25) is 5.15 Å². The van der Waals surface area contributed by atoms with E-state index < -0.39 is 0 Å². The van der Waals surface area contributed by atoms with Gasteiger partial charge in [0, 0.05) is 36.3 Å². The Balaban J connectivity index is 1.61. The van der Waals surface area contributed by atoms with Gasteiger partial charge in [-0.3, -0.25) is 4.98 Å². The molecule has 6 heteroatoms. The number of likely N-dealkylation sites (tertiary alicyclic amines) is 1. The minimum absolute atomic E-state index is 0.446. The summed E-state index contributed by atoms with van der Waals surface area (Å²) in [6.07, 6.45) is 8.75. The van der Waals surface area contributed by atoms with Crippen LogP contribution in [0.15, 0.2) is 30.6 Å². The lowest BCUT2D eigenvalue weighted by Gasteiger charge is -2.14. The first-order valence-corrected chi connectivity index (χ1v) is 8.73. The van der Waals surface area contributed by atoms with Crippen molar-refractivity contribution in [2.75, 3.05) is 26.2 Å². The first kappa shape index (κ1) is 16.9. The fourth-order valence-corrected chi connectivity index (χ4v) is 3.10. The van der Waals surface area contributed by atoms with Gasteiger partial charge in [0.1, 0.15) is 5.15 Å². The summed E-state index contributed by atoms with van der Waals surface area (Å²) in [7, 11) is 0. The fraction of sp³-hybridized carbons (Fsp3) is 0.389. The van der Waals surface area contributed by atoms with Crippen LogP contribution >= 0.6 is 11.6 Å². The third-order valence-corrected chi connectivity index (χ3v) is 4.45. The van der Waals surface area contributed by atoms with Crippen LogP contribution < -0.4 is 5.32 Å². The van der Waals surface area contributed by atoms with Crippen LogP contribution in [0.25, 0.3) is 16.6 Å². The Kier molecular flexibility index (Phi) is 5.77. The molecule has 3 rings (SSSR count). The molecule has 126 valence electrons. The second-order valence-corrected chi connectivity index (χ2v) is 6.38. The highest BCUT2D eigenvalue weighted by atomic mass is 35.5. The molecule has 3 heterocycles. The zero-order valence-corrected chi connectivity index (χ0v) is 14.4. The number of nitrogens with one attached hydrogen (secondary N) is 2. The number of fused-ring (bicyclic) bond motifs is 1. The molecular formula is C18H22ClN5. The maximum atomic E-state index is 7.65. The molecule has 24 heavy (non-hydrogen) atoms. The molecule has 0 aliphatic carbocycles. The highest BCUT2D eigenvalue weighted by Crippen LogP contribution is 2.18. The molecule has 0 aromatic carbocycles. The lowest BCUT2D eigenvalue weighted by molar-refractivity contribution is 0.333. The van der Waals surface area contributed by atoms with Crippen molar-refractivity contribution in [2.24, 2.45) is 0 Å².